The molecular formula is C38H52O11. The van der Waals surface area contributed by atoms with Crippen LogP contribution in [0.25, 0.3) is 0 Å². The minimum atomic E-state index is -1.56. The Bertz CT molecular complexity index is 1530. The van der Waals surface area contributed by atoms with E-state index < -0.39 is 87.8 Å². The number of hydrogen-bond donors (Lipinski definition) is 2. The number of carbonyl (C=O) groups excluding carboxylic acids is 4. The molecule has 0 aromatic heterocycles. The summed E-state index contributed by atoms with van der Waals surface area (Å²) in [6.45, 7) is 20.2. The second-order valence-corrected chi connectivity index (χ2v) is 17.4. The molecule has 4 saturated carbocycles. The molecule has 11 nitrogen and oxygen atoms in total. The summed E-state index contributed by atoms with van der Waals surface area (Å²) >= 11 is 0. The summed E-state index contributed by atoms with van der Waals surface area (Å²) in [7, 11) is 0. The monoisotopic (exact) mass is 684 g/mol. The second-order valence-electron chi connectivity index (χ2n) is 17.4. The van der Waals surface area contributed by atoms with Gasteiger partial charge in [-0.2, -0.15) is 0 Å². The molecule has 0 aromatic carbocycles. The van der Waals surface area contributed by atoms with Crippen LogP contribution in [0.15, 0.2) is 24.2 Å². The predicted molar refractivity (Wildman–Crippen MR) is 173 cm³/mol. The van der Waals surface area contributed by atoms with Crippen LogP contribution >= 0.6 is 0 Å². The van der Waals surface area contributed by atoms with Gasteiger partial charge in [0.15, 0.2) is 5.78 Å². The lowest BCUT2D eigenvalue weighted by molar-refractivity contribution is -0.235. The highest BCUT2D eigenvalue weighted by molar-refractivity contribution is 5.88. The van der Waals surface area contributed by atoms with Crippen molar-refractivity contribution < 1.29 is 53.1 Å². The Morgan fingerprint density at radius 3 is 2.27 bits per heavy atom. The van der Waals surface area contributed by atoms with Gasteiger partial charge < -0.3 is 33.9 Å². The Balaban J connectivity index is 1.43. The highest BCUT2D eigenvalue weighted by Gasteiger charge is 2.81. The fraction of sp³-hybridized carbons (Fsp3) is 0.789. The van der Waals surface area contributed by atoms with Gasteiger partial charge >= 0.3 is 17.9 Å². The summed E-state index contributed by atoms with van der Waals surface area (Å²) in [6, 6.07) is 0. The molecule has 270 valence electrons. The Morgan fingerprint density at radius 1 is 1.00 bits per heavy atom. The van der Waals surface area contributed by atoms with Gasteiger partial charge in [0, 0.05) is 54.8 Å². The number of Topliss-reactive ketones (excluding diaryl/α,β-unsaturated/α-hetero) is 1. The molecule has 0 aromatic rings. The topological polar surface area (TPSA) is 158 Å². The van der Waals surface area contributed by atoms with E-state index in [1.165, 1.54) is 13.8 Å². The highest BCUT2D eigenvalue weighted by Crippen LogP contribution is 2.76. The van der Waals surface area contributed by atoms with Gasteiger partial charge in [0.2, 0.25) is 0 Å². The number of fused-ring (bicyclic) bond motifs is 10. The number of carbonyl (C=O) groups is 4. The molecule has 49 heavy (non-hydrogen) atoms. The number of ketones is 1. The molecule has 11 heteroatoms. The highest BCUT2D eigenvalue weighted by atomic mass is 16.6. The first-order chi connectivity index (χ1) is 22.7. The van der Waals surface area contributed by atoms with Crippen LogP contribution in [0.3, 0.4) is 0 Å². The molecule has 1 unspecified atom stereocenters. The molecule has 0 spiro atoms. The molecule has 2 N–H and O–H groups in total. The number of epoxide rings is 1. The molecule has 7 aliphatic rings. The second kappa shape index (κ2) is 10.9. The van der Waals surface area contributed by atoms with Crippen LogP contribution in [0.1, 0.15) is 81.6 Å². The van der Waals surface area contributed by atoms with E-state index in [0.29, 0.717) is 18.6 Å². The van der Waals surface area contributed by atoms with Crippen LogP contribution < -0.4 is 0 Å². The van der Waals surface area contributed by atoms with Gasteiger partial charge in [0.1, 0.15) is 47.6 Å². The Labute approximate surface area is 288 Å². The average Bonchev–Trinajstić information content (AvgIpc) is 3.67. The van der Waals surface area contributed by atoms with E-state index in [0.717, 1.165) is 0 Å². The van der Waals surface area contributed by atoms with Crippen molar-refractivity contribution in [1.29, 1.82) is 0 Å². The molecule has 17 atom stereocenters. The van der Waals surface area contributed by atoms with E-state index in [1.54, 1.807) is 6.92 Å². The number of aliphatic hydroxyl groups is 2. The van der Waals surface area contributed by atoms with Crippen LogP contribution in [0.2, 0.25) is 0 Å². The normalized spacial score (nSPS) is 51.9. The molecule has 0 bridgehead atoms. The largest absolute Gasteiger partial charge is 0.463 e. The molecule has 5 aliphatic carbocycles. The summed E-state index contributed by atoms with van der Waals surface area (Å²) in [5.74, 6) is -4.66. The minimum absolute atomic E-state index is 0.0583. The van der Waals surface area contributed by atoms with Crippen molar-refractivity contribution in [2.75, 3.05) is 0 Å². The maximum absolute atomic E-state index is 14.5. The Hall–Kier alpha value is -2.76. The van der Waals surface area contributed by atoms with Crippen LogP contribution in [-0.2, 0) is 42.9 Å². The Kier molecular flexibility index (Phi) is 7.70. The van der Waals surface area contributed by atoms with Crippen LogP contribution in [0.4, 0.5) is 0 Å². The maximum atomic E-state index is 14.5. The number of allylic oxidation sites excluding steroid dienone is 1. The molecule has 2 aliphatic heterocycles. The SMILES string of the molecule is C=C1OC2=C[C@@H](C)[C@H]3[C@@H]([C@H](OC(C)=O)[C@H]4[C@H]5C(C[C@H](OC(C)=O)[C@]34C)[C@]3(C)[C@H](C[C@@H]4O[C@@H]4[C@@H]3OC(=O)CC(C)C)C(=O)[C@@H]5O)[C@@]2(C)[C@]1(C)O. The van der Waals surface area contributed by atoms with Crippen molar-refractivity contribution in [2.24, 2.45) is 63.6 Å². The van der Waals surface area contributed by atoms with E-state index >= 15 is 0 Å². The molecule has 0 radical (unpaired) electrons. The number of ether oxygens (including phenoxy) is 5. The molecule has 0 amide bonds. The van der Waals surface area contributed by atoms with Gasteiger partial charge in [0.05, 0.1) is 11.5 Å². The lowest BCUT2D eigenvalue weighted by Gasteiger charge is -2.63. The quantitative estimate of drug-likeness (QED) is 0.246. The molecule has 6 fully saturated rings. The minimum Gasteiger partial charge on any atom is -0.463 e. The number of rotatable bonds is 5. The molecule has 2 saturated heterocycles. The van der Waals surface area contributed by atoms with Gasteiger partial charge in [0.25, 0.3) is 0 Å². The fourth-order valence-electron chi connectivity index (χ4n) is 12.3. The van der Waals surface area contributed by atoms with Crippen molar-refractivity contribution in [3.05, 3.63) is 24.2 Å². The van der Waals surface area contributed by atoms with E-state index in [1.807, 2.05) is 47.6 Å². The molecule has 7 rings (SSSR count). The van der Waals surface area contributed by atoms with E-state index in [4.69, 9.17) is 23.7 Å². The van der Waals surface area contributed by atoms with E-state index in [9.17, 15) is 29.4 Å². The maximum Gasteiger partial charge on any atom is 0.306 e. The fourth-order valence-corrected chi connectivity index (χ4v) is 12.3. The standard InChI is InChI=1S/C38H52O11/c1-15(2)11-25(41)49-34-32-22(48-32)13-21-30(42)31(43)26-20(35(21,34)7)14-23(46-18(5)39)36(8)27-16(3)12-24-37(9,38(10,44)17(4)45-24)29(27)33(28(26)36)47-19(6)40/h12,15-16,20-23,26-29,31-34,43-44H,4,11,13-14H2,1-3,5-10H3/t16-,20?,21-,22+,23+,26-,27+,28-,29+,31-,32+,33-,34+,35-,36-,37+,38-/m1/s1. The van der Waals surface area contributed by atoms with E-state index in [2.05, 4.69) is 6.58 Å². The third-order valence-electron chi connectivity index (χ3n) is 14.5. The lowest BCUT2D eigenvalue weighted by atomic mass is 9.42. The summed E-state index contributed by atoms with van der Waals surface area (Å²) in [5, 5.41) is 24.4. The zero-order valence-corrected chi connectivity index (χ0v) is 30.1. The van der Waals surface area contributed by atoms with Gasteiger partial charge in [-0.05, 0) is 56.4 Å². The van der Waals surface area contributed by atoms with Crippen molar-refractivity contribution in [3.8, 4) is 0 Å². The third kappa shape index (κ3) is 4.43. The predicted octanol–water partition coefficient (Wildman–Crippen LogP) is 3.88. The first-order valence-corrected chi connectivity index (χ1v) is 17.9. The smallest absolute Gasteiger partial charge is 0.306 e. The average molecular weight is 685 g/mol. The van der Waals surface area contributed by atoms with Gasteiger partial charge in [-0.1, -0.05) is 41.2 Å². The zero-order chi connectivity index (χ0) is 35.9. The van der Waals surface area contributed by atoms with Crippen molar-refractivity contribution >= 4 is 23.7 Å². The molecular weight excluding hydrogens is 632 g/mol. The summed E-state index contributed by atoms with van der Waals surface area (Å²) in [4.78, 5) is 53.8. The van der Waals surface area contributed by atoms with Gasteiger partial charge in [-0.25, -0.2) is 0 Å². The summed E-state index contributed by atoms with van der Waals surface area (Å²) in [5.41, 5.74) is -4.57. The van der Waals surface area contributed by atoms with Gasteiger partial charge in [-0.3, -0.25) is 19.2 Å². The van der Waals surface area contributed by atoms with E-state index in [-0.39, 0.29) is 53.9 Å². The van der Waals surface area contributed by atoms with Crippen molar-refractivity contribution in [1.82, 2.24) is 0 Å². The number of aliphatic hydroxyl groups excluding tert-OH is 1. The van der Waals surface area contributed by atoms with Gasteiger partial charge in [-0.15, -0.1) is 0 Å². The first kappa shape index (κ1) is 34.7. The van der Waals surface area contributed by atoms with Crippen LogP contribution in [0, 0.1) is 63.6 Å². The summed E-state index contributed by atoms with van der Waals surface area (Å²) in [6.07, 6.45) is -1.59. The first-order valence-electron chi connectivity index (χ1n) is 17.9. The Morgan fingerprint density at radius 2 is 1.65 bits per heavy atom. The third-order valence-corrected chi connectivity index (χ3v) is 14.5. The summed E-state index contributed by atoms with van der Waals surface area (Å²) < 4.78 is 31.1. The lowest BCUT2D eigenvalue weighted by Crippen LogP contribution is -2.70. The van der Waals surface area contributed by atoms with Crippen molar-refractivity contribution in [3.63, 3.8) is 0 Å². The van der Waals surface area contributed by atoms with Crippen molar-refractivity contribution in [2.45, 2.75) is 124 Å². The zero-order valence-electron chi connectivity index (χ0n) is 30.1. The van der Waals surface area contributed by atoms with Crippen LogP contribution in [0.5, 0.6) is 0 Å². The molecule has 2 heterocycles. The van der Waals surface area contributed by atoms with Crippen LogP contribution in [-0.4, -0.2) is 76.1 Å². The number of esters is 3. The number of hydrogen-bond acceptors (Lipinski definition) is 11.